The molecule has 0 spiro atoms. The van der Waals surface area contributed by atoms with E-state index in [1.54, 1.807) is 26.8 Å². The molecule has 1 heterocycles. The lowest BCUT2D eigenvalue weighted by molar-refractivity contribution is -0.120. The van der Waals surface area contributed by atoms with Crippen LogP contribution in [0.3, 0.4) is 0 Å². The highest BCUT2D eigenvalue weighted by molar-refractivity contribution is 7.80. The number of halogens is 3. The first-order valence-corrected chi connectivity index (χ1v) is 6.13. The van der Waals surface area contributed by atoms with E-state index in [0.29, 0.717) is 11.1 Å². The standard InChI is InChI=1S/C12H16F3N3S/c1-7(2)18(6-12(13,14)15)11-9(10(16)19)8(3)4-5-17-11/h4-5,7H,6H2,1-3H3,(H2,16,19). The van der Waals surface area contributed by atoms with Crippen LogP contribution in [0.1, 0.15) is 25.0 Å². The fourth-order valence-corrected chi connectivity index (χ4v) is 2.01. The molecule has 0 atom stereocenters. The molecule has 1 rings (SSSR count). The molecule has 0 aliphatic rings. The minimum Gasteiger partial charge on any atom is -0.389 e. The number of thiocarbonyl (C=S) groups is 1. The quantitative estimate of drug-likeness (QED) is 0.866. The molecule has 106 valence electrons. The van der Waals surface area contributed by atoms with Crippen LogP contribution in [0.5, 0.6) is 0 Å². The van der Waals surface area contributed by atoms with Crippen molar-refractivity contribution in [3.05, 3.63) is 23.4 Å². The van der Waals surface area contributed by atoms with Gasteiger partial charge in [-0.3, -0.25) is 0 Å². The lowest BCUT2D eigenvalue weighted by Crippen LogP contribution is -2.41. The Hall–Kier alpha value is -1.37. The highest BCUT2D eigenvalue weighted by atomic mass is 32.1. The predicted octanol–water partition coefficient (Wildman–Crippen LogP) is 2.80. The maximum Gasteiger partial charge on any atom is 0.405 e. The first kappa shape index (κ1) is 15.7. The van der Waals surface area contributed by atoms with E-state index in [2.05, 4.69) is 4.98 Å². The molecule has 0 saturated carbocycles. The SMILES string of the molecule is Cc1ccnc(N(CC(F)(F)F)C(C)C)c1C(N)=S. The number of alkyl halides is 3. The van der Waals surface area contributed by atoms with Crippen LogP contribution in [-0.4, -0.2) is 28.7 Å². The summed E-state index contributed by atoms with van der Waals surface area (Å²) in [5.74, 6) is 0.180. The van der Waals surface area contributed by atoms with Gasteiger partial charge in [0, 0.05) is 12.2 Å². The Labute approximate surface area is 115 Å². The molecule has 2 N–H and O–H groups in total. The molecule has 0 aliphatic heterocycles. The zero-order valence-electron chi connectivity index (χ0n) is 11.0. The Bertz CT molecular complexity index is 472. The summed E-state index contributed by atoms with van der Waals surface area (Å²) in [5, 5.41) is 0. The number of hydrogen-bond acceptors (Lipinski definition) is 3. The summed E-state index contributed by atoms with van der Waals surface area (Å²) in [7, 11) is 0. The highest BCUT2D eigenvalue weighted by Gasteiger charge is 2.33. The third-order valence-electron chi connectivity index (χ3n) is 2.63. The smallest absolute Gasteiger partial charge is 0.389 e. The fourth-order valence-electron chi connectivity index (χ4n) is 1.76. The van der Waals surface area contributed by atoms with Gasteiger partial charge in [-0.1, -0.05) is 12.2 Å². The summed E-state index contributed by atoms with van der Waals surface area (Å²) in [4.78, 5) is 5.23. The first-order chi connectivity index (χ1) is 8.63. The molecule has 0 fully saturated rings. The Kier molecular flexibility index (Phi) is 4.73. The Morgan fingerprint density at radius 1 is 1.47 bits per heavy atom. The molecule has 0 saturated heterocycles. The van der Waals surface area contributed by atoms with E-state index in [-0.39, 0.29) is 16.8 Å². The van der Waals surface area contributed by atoms with Crippen molar-refractivity contribution < 1.29 is 13.2 Å². The number of anilines is 1. The van der Waals surface area contributed by atoms with Gasteiger partial charge in [-0.15, -0.1) is 0 Å². The predicted molar refractivity (Wildman–Crippen MR) is 73.4 cm³/mol. The van der Waals surface area contributed by atoms with Gasteiger partial charge >= 0.3 is 6.18 Å². The largest absolute Gasteiger partial charge is 0.405 e. The summed E-state index contributed by atoms with van der Waals surface area (Å²) in [6, 6.07) is 1.30. The van der Waals surface area contributed by atoms with E-state index in [9.17, 15) is 13.2 Å². The summed E-state index contributed by atoms with van der Waals surface area (Å²) in [6.07, 6.45) is -2.86. The van der Waals surface area contributed by atoms with Gasteiger partial charge in [0.1, 0.15) is 17.4 Å². The van der Waals surface area contributed by atoms with Gasteiger partial charge in [0.25, 0.3) is 0 Å². The molecule has 0 aromatic carbocycles. The zero-order valence-corrected chi connectivity index (χ0v) is 11.8. The Morgan fingerprint density at radius 2 is 2.05 bits per heavy atom. The molecular weight excluding hydrogens is 275 g/mol. The molecule has 0 bridgehead atoms. The van der Waals surface area contributed by atoms with Gasteiger partial charge < -0.3 is 10.6 Å². The van der Waals surface area contributed by atoms with Crippen LogP contribution >= 0.6 is 12.2 Å². The van der Waals surface area contributed by atoms with Crippen molar-refractivity contribution in [2.45, 2.75) is 33.0 Å². The topological polar surface area (TPSA) is 42.2 Å². The minimum atomic E-state index is -4.32. The van der Waals surface area contributed by atoms with Crippen molar-refractivity contribution in [3.63, 3.8) is 0 Å². The van der Waals surface area contributed by atoms with Gasteiger partial charge in [0.05, 0.1) is 5.56 Å². The summed E-state index contributed by atoms with van der Waals surface area (Å²) in [5.41, 5.74) is 6.71. The van der Waals surface area contributed by atoms with Crippen LogP contribution in [0.2, 0.25) is 0 Å². The summed E-state index contributed by atoms with van der Waals surface area (Å²) >= 11 is 4.91. The van der Waals surface area contributed by atoms with Gasteiger partial charge in [-0.2, -0.15) is 13.2 Å². The number of pyridine rings is 1. The number of rotatable bonds is 4. The van der Waals surface area contributed by atoms with Crippen molar-refractivity contribution in [2.24, 2.45) is 5.73 Å². The molecule has 7 heteroatoms. The second-order valence-corrected chi connectivity index (χ2v) is 4.97. The number of hydrogen-bond donors (Lipinski definition) is 1. The molecule has 1 aromatic rings. The molecule has 0 aliphatic carbocycles. The van der Waals surface area contributed by atoms with Gasteiger partial charge in [-0.05, 0) is 32.4 Å². The molecule has 19 heavy (non-hydrogen) atoms. The summed E-state index contributed by atoms with van der Waals surface area (Å²) in [6.45, 7) is 3.99. The van der Waals surface area contributed by atoms with Crippen molar-refractivity contribution >= 4 is 23.0 Å². The zero-order chi connectivity index (χ0) is 14.8. The lowest BCUT2D eigenvalue weighted by Gasteiger charge is -2.30. The Balaban J connectivity index is 3.31. The maximum atomic E-state index is 12.7. The monoisotopic (exact) mass is 291 g/mol. The van der Waals surface area contributed by atoms with Crippen LogP contribution in [-0.2, 0) is 0 Å². The molecule has 0 amide bonds. The third kappa shape index (κ3) is 4.05. The lowest BCUT2D eigenvalue weighted by atomic mass is 10.1. The molecule has 3 nitrogen and oxygen atoms in total. The average Bonchev–Trinajstić information content (AvgIpc) is 2.23. The Morgan fingerprint density at radius 3 is 2.47 bits per heavy atom. The second-order valence-electron chi connectivity index (χ2n) is 4.53. The van der Waals surface area contributed by atoms with Crippen LogP contribution in [0.15, 0.2) is 12.3 Å². The fraction of sp³-hybridized carbons (Fsp3) is 0.500. The maximum absolute atomic E-state index is 12.7. The van der Waals surface area contributed by atoms with E-state index < -0.39 is 12.7 Å². The number of aromatic nitrogens is 1. The van der Waals surface area contributed by atoms with Crippen molar-refractivity contribution in [1.29, 1.82) is 0 Å². The number of nitrogens with two attached hydrogens (primary N) is 1. The molecule has 0 radical (unpaired) electrons. The van der Waals surface area contributed by atoms with Crippen molar-refractivity contribution in [1.82, 2.24) is 4.98 Å². The van der Waals surface area contributed by atoms with E-state index in [4.69, 9.17) is 18.0 Å². The third-order valence-corrected chi connectivity index (χ3v) is 2.83. The van der Waals surface area contributed by atoms with Gasteiger partial charge in [-0.25, -0.2) is 4.98 Å². The van der Waals surface area contributed by atoms with Gasteiger partial charge in [0.15, 0.2) is 0 Å². The van der Waals surface area contributed by atoms with E-state index in [1.807, 2.05) is 0 Å². The molecule has 1 aromatic heterocycles. The van der Waals surface area contributed by atoms with Crippen LogP contribution < -0.4 is 10.6 Å². The number of nitrogens with zero attached hydrogens (tertiary/aromatic N) is 2. The van der Waals surface area contributed by atoms with Crippen LogP contribution in [0, 0.1) is 6.92 Å². The second kappa shape index (κ2) is 5.73. The van der Waals surface area contributed by atoms with E-state index >= 15 is 0 Å². The van der Waals surface area contributed by atoms with E-state index in [1.165, 1.54) is 6.20 Å². The highest BCUT2D eigenvalue weighted by Crippen LogP contribution is 2.27. The van der Waals surface area contributed by atoms with Crippen molar-refractivity contribution in [3.8, 4) is 0 Å². The van der Waals surface area contributed by atoms with Crippen molar-refractivity contribution in [2.75, 3.05) is 11.4 Å². The van der Waals surface area contributed by atoms with Crippen LogP contribution in [0.4, 0.5) is 19.0 Å². The molecular formula is C12H16F3N3S. The summed E-state index contributed by atoms with van der Waals surface area (Å²) < 4.78 is 38.0. The number of aryl methyl sites for hydroxylation is 1. The van der Waals surface area contributed by atoms with E-state index in [0.717, 1.165) is 4.90 Å². The van der Waals surface area contributed by atoms with Crippen LogP contribution in [0.25, 0.3) is 0 Å². The average molecular weight is 291 g/mol. The van der Waals surface area contributed by atoms with Gasteiger partial charge in [0.2, 0.25) is 0 Å². The minimum absolute atomic E-state index is 0.0495. The molecule has 0 unspecified atom stereocenters. The normalized spacial score (nSPS) is 11.7. The first-order valence-electron chi connectivity index (χ1n) is 5.72.